The number of hydrogen-bond acceptors (Lipinski definition) is 5. The number of carbonyl (C=O) groups is 1. The molecule has 0 bridgehead atoms. The maximum absolute atomic E-state index is 12.8. The minimum atomic E-state index is -0.556. The molecule has 3 aromatic rings. The van der Waals surface area contributed by atoms with E-state index in [1.807, 2.05) is 0 Å². The number of nitro groups is 1. The van der Waals surface area contributed by atoms with Crippen molar-refractivity contribution in [3.63, 3.8) is 0 Å². The monoisotopic (exact) mass is 328 g/mol. The largest absolute Gasteiger partial charge is 0.288 e. The van der Waals surface area contributed by atoms with Crippen molar-refractivity contribution in [3.8, 4) is 5.69 Å². The maximum atomic E-state index is 12.8. The molecule has 0 amide bonds. The summed E-state index contributed by atoms with van der Waals surface area (Å²) >= 11 is 6.06. The Balaban J connectivity index is 2.19. The van der Waals surface area contributed by atoms with Crippen molar-refractivity contribution in [2.75, 3.05) is 0 Å². The summed E-state index contributed by atoms with van der Waals surface area (Å²) in [7, 11) is 0. The van der Waals surface area contributed by atoms with Crippen LogP contribution in [0.2, 0.25) is 5.02 Å². The molecule has 0 saturated heterocycles. The molecule has 0 aliphatic rings. The van der Waals surface area contributed by atoms with Gasteiger partial charge in [0.25, 0.3) is 5.69 Å². The second kappa shape index (κ2) is 5.98. The molecule has 23 heavy (non-hydrogen) atoms. The minimum Gasteiger partial charge on any atom is -0.288 e. The fourth-order valence-electron chi connectivity index (χ4n) is 2.16. The Morgan fingerprint density at radius 3 is 2.43 bits per heavy atom. The molecule has 7 nitrogen and oxygen atoms in total. The lowest BCUT2D eigenvalue weighted by atomic mass is 10.0. The molecule has 1 aromatic heterocycles. The second-order valence-electron chi connectivity index (χ2n) is 4.64. The van der Waals surface area contributed by atoms with Crippen molar-refractivity contribution in [1.82, 2.24) is 14.8 Å². The van der Waals surface area contributed by atoms with Crippen molar-refractivity contribution >= 4 is 23.1 Å². The molecular formula is C15H9ClN4O3. The number of ketones is 1. The van der Waals surface area contributed by atoms with Crippen LogP contribution in [0.15, 0.2) is 55.1 Å². The predicted molar refractivity (Wildman–Crippen MR) is 82.9 cm³/mol. The van der Waals surface area contributed by atoms with Gasteiger partial charge in [-0.2, -0.15) is 0 Å². The molecule has 2 aromatic carbocycles. The number of halogens is 1. The van der Waals surface area contributed by atoms with Gasteiger partial charge in [0, 0.05) is 17.7 Å². The molecule has 8 heteroatoms. The molecule has 0 radical (unpaired) electrons. The molecule has 1 heterocycles. The van der Waals surface area contributed by atoms with Gasteiger partial charge in [0.05, 0.1) is 21.2 Å². The third-order valence-corrected chi connectivity index (χ3v) is 3.58. The highest BCUT2D eigenvalue weighted by molar-refractivity contribution is 6.35. The zero-order chi connectivity index (χ0) is 16.4. The second-order valence-corrected chi connectivity index (χ2v) is 5.04. The summed E-state index contributed by atoms with van der Waals surface area (Å²) < 4.78 is 1.51. The highest BCUT2D eigenvalue weighted by Gasteiger charge is 2.20. The Labute approximate surface area is 135 Å². The van der Waals surface area contributed by atoms with Crippen molar-refractivity contribution < 1.29 is 9.72 Å². The summed E-state index contributed by atoms with van der Waals surface area (Å²) in [4.78, 5) is 23.3. The lowest BCUT2D eigenvalue weighted by Crippen LogP contribution is -2.08. The first kappa shape index (κ1) is 14.9. The van der Waals surface area contributed by atoms with Crippen LogP contribution in [0.5, 0.6) is 0 Å². The summed E-state index contributed by atoms with van der Waals surface area (Å²) in [6, 6.07) is 10.6. The van der Waals surface area contributed by atoms with E-state index >= 15 is 0 Å². The van der Waals surface area contributed by atoms with E-state index in [0.29, 0.717) is 5.69 Å². The fraction of sp³-hybridized carbons (Fsp3) is 0. The van der Waals surface area contributed by atoms with Crippen molar-refractivity contribution in [2.45, 2.75) is 0 Å². The fourth-order valence-corrected chi connectivity index (χ4v) is 2.38. The lowest BCUT2D eigenvalue weighted by molar-refractivity contribution is -0.384. The average Bonchev–Trinajstić information content (AvgIpc) is 3.08. The third-order valence-electron chi connectivity index (χ3n) is 3.25. The molecule has 0 saturated carbocycles. The Morgan fingerprint density at radius 2 is 1.78 bits per heavy atom. The van der Waals surface area contributed by atoms with Crippen molar-refractivity contribution in [3.05, 3.63) is 81.4 Å². The van der Waals surface area contributed by atoms with Gasteiger partial charge in [0.1, 0.15) is 12.7 Å². The van der Waals surface area contributed by atoms with E-state index in [2.05, 4.69) is 10.2 Å². The average molecular weight is 329 g/mol. The third kappa shape index (κ3) is 2.82. The van der Waals surface area contributed by atoms with E-state index in [4.69, 9.17) is 11.6 Å². The number of hydrogen-bond donors (Lipinski definition) is 0. The summed E-state index contributed by atoms with van der Waals surface area (Å²) in [5.74, 6) is -0.414. The van der Waals surface area contributed by atoms with Crippen LogP contribution in [-0.2, 0) is 0 Å². The van der Waals surface area contributed by atoms with Gasteiger partial charge in [-0.25, -0.2) is 0 Å². The summed E-state index contributed by atoms with van der Waals surface area (Å²) in [5, 5.41) is 18.7. The van der Waals surface area contributed by atoms with Gasteiger partial charge in [-0.15, -0.1) is 10.2 Å². The highest BCUT2D eigenvalue weighted by Crippen LogP contribution is 2.26. The highest BCUT2D eigenvalue weighted by atomic mass is 35.5. The zero-order valence-electron chi connectivity index (χ0n) is 11.6. The van der Waals surface area contributed by atoms with Crippen LogP contribution in [0.1, 0.15) is 15.9 Å². The van der Waals surface area contributed by atoms with Crippen LogP contribution < -0.4 is 0 Å². The zero-order valence-corrected chi connectivity index (χ0v) is 12.3. The predicted octanol–water partition coefficient (Wildman–Crippen LogP) is 3.06. The molecule has 0 N–H and O–H groups in total. The van der Waals surface area contributed by atoms with Crippen molar-refractivity contribution in [1.29, 1.82) is 0 Å². The first-order valence-electron chi connectivity index (χ1n) is 6.50. The van der Waals surface area contributed by atoms with E-state index < -0.39 is 10.7 Å². The maximum Gasteiger partial charge on any atom is 0.270 e. The smallest absolute Gasteiger partial charge is 0.270 e. The van der Waals surface area contributed by atoms with Gasteiger partial charge in [-0.1, -0.05) is 23.7 Å². The molecule has 0 spiro atoms. The first-order valence-corrected chi connectivity index (χ1v) is 6.88. The van der Waals surface area contributed by atoms with Gasteiger partial charge >= 0.3 is 0 Å². The number of benzene rings is 2. The van der Waals surface area contributed by atoms with Crippen LogP contribution in [0, 0.1) is 10.1 Å². The molecule has 0 aliphatic carbocycles. The van der Waals surface area contributed by atoms with Crippen LogP contribution in [0.3, 0.4) is 0 Å². The first-order chi connectivity index (χ1) is 11.1. The SMILES string of the molecule is O=C(c1ccccc1Cl)c1cc([N+](=O)[O-])ccc1-n1cnnc1. The van der Waals surface area contributed by atoms with Crippen LogP contribution in [0.4, 0.5) is 5.69 Å². The molecule has 0 atom stereocenters. The number of nitro benzene ring substituents is 1. The summed E-state index contributed by atoms with van der Waals surface area (Å²) in [5.41, 5.74) is 0.666. The Bertz CT molecular complexity index is 893. The topological polar surface area (TPSA) is 90.9 Å². The van der Waals surface area contributed by atoms with E-state index in [1.165, 1.54) is 35.4 Å². The molecule has 0 aliphatic heterocycles. The Hall–Kier alpha value is -3.06. The van der Waals surface area contributed by atoms with Gasteiger partial charge in [-0.05, 0) is 18.2 Å². The lowest BCUT2D eigenvalue weighted by Gasteiger charge is -2.10. The standard InChI is InChI=1S/C15H9ClN4O3/c16-13-4-2-1-3-11(13)15(21)12-7-10(20(22)23)5-6-14(12)19-8-17-18-9-19/h1-9H. The van der Waals surface area contributed by atoms with E-state index in [1.54, 1.807) is 24.3 Å². The summed E-state index contributed by atoms with van der Waals surface area (Å²) in [6.07, 6.45) is 2.81. The Morgan fingerprint density at radius 1 is 1.09 bits per heavy atom. The number of aromatic nitrogens is 3. The molecule has 114 valence electrons. The summed E-state index contributed by atoms with van der Waals surface area (Å²) in [6.45, 7) is 0. The molecule has 0 fully saturated rings. The van der Waals surface area contributed by atoms with Crippen LogP contribution >= 0.6 is 11.6 Å². The van der Waals surface area contributed by atoms with Gasteiger partial charge < -0.3 is 0 Å². The van der Waals surface area contributed by atoms with Gasteiger partial charge in [0.15, 0.2) is 5.78 Å². The number of rotatable bonds is 4. The quantitative estimate of drug-likeness (QED) is 0.417. The van der Waals surface area contributed by atoms with Crippen LogP contribution in [-0.4, -0.2) is 25.5 Å². The number of nitrogens with zero attached hydrogens (tertiary/aromatic N) is 4. The van der Waals surface area contributed by atoms with Crippen LogP contribution in [0.25, 0.3) is 5.69 Å². The minimum absolute atomic E-state index is 0.145. The van der Waals surface area contributed by atoms with Gasteiger partial charge in [0.2, 0.25) is 0 Å². The molecule has 3 rings (SSSR count). The Kier molecular flexibility index (Phi) is 3.86. The van der Waals surface area contributed by atoms with E-state index in [0.717, 1.165) is 0 Å². The van der Waals surface area contributed by atoms with E-state index in [9.17, 15) is 14.9 Å². The normalized spacial score (nSPS) is 10.5. The molecular weight excluding hydrogens is 320 g/mol. The van der Waals surface area contributed by atoms with Gasteiger partial charge in [-0.3, -0.25) is 19.5 Å². The number of carbonyl (C=O) groups excluding carboxylic acids is 1. The van der Waals surface area contributed by atoms with E-state index in [-0.39, 0.29) is 21.8 Å². The van der Waals surface area contributed by atoms with Crippen molar-refractivity contribution in [2.24, 2.45) is 0 Å². The molecule has 0 unspecified atom stereocenters. The number of non-ortho nitro benzene ring substituents is 1.